The molecule has 0 aliphatic carbocycles. The molecule has 7 heteroatoms. The number of carbonyl (C=O) groups is 2. The van der Waals surface area contributed by atoms with Crippen molar-refractivity contribution in [3.8, 4) is 11.4 Å². The number of aromatic amines is 1. The first kappa shape index (κ1) is 16.3. The van der Waals surface area contributed by atoms with Crippen molar-refractivity contribution in [2.75, 3.05) is 19.7 Å². The summed E-state index contributed by atoms with van der Waals surface area (Å²) in [5.74, 6) is 0.0251. The summed E-state index contributed by atoms with van der Waals surface area (Å²) in [6.07, 6.45) is 5.44. The fourth-order valence-electron chi connectivity index (χ4n) is 3.04. The summed E-state index contributed by atoms with van der Waals surface area (Å²) in [6.45, 7) is 1.27. The number of esters is 1. The van der Waals surface area contributed by atoms with Crippen LogP contribution in [0.3, 0.4) is 0 Å². The van der Waals surface area contributed by atoms with Gasteiger partial charge in [0.05, 0.1) is 16.6 Å². The highest BCUT2D eigenvalue weighted by atomic mass is 16.5. The molecule has 132 valence electrons. The van der Waals surface area contributed by atoms with Crippen molar-refractivity contribution in [3.05, 3.63) is 48.3 Å². The van der Waals surface area contributed by atoms with Gasteiger partial charge in [0, 0.05) is 31.0 Å². The van der Waals surface area contributed by atoms with Crippen LogP contribution < -0.4 is 0 Å². The third-order valence-electron chi connectivity index (χ3n) is 4.44. The molecule has 3 aromatic rings. The Morgan fingerprint density at radius 2 is 2.04 bits per heavy atom. The van der Waals surface area contributed by atoms with E-state index < -0.39 is 5.97 Å². The van der Waals surface area contributed by atoms with Crippen LogP contribution in [0.4, 0.5) is 0 Å². The van der Waals surface area contributed by atoms with Gasteiger partial charge in [-0.25, -0.2) is 9.78 Å². The van der Waals surface area contributed by atoms with E-state index in [0.29, 0.717) is 11.4 Å². The highest BCUT2D eigenvalue weighted by Crippen LogP contribution is 2.21. The van der Waals surface area contributed by atoms with Gasteiger partial charge in [0.15, 0.2) is 6.61 Å². The summed E-state index contributed by atoms with van der Waals surface area (Å²) in [4.78, 5) is 37.7. The summed E-state index contributed by atoms with van der Waals surface area (Å²) in [6, 6.07) is 8.83. The first-order chi connectivity index (χ1) is 12.7. The number of amides is 1. The van der Waals surface area contributed by atoms with Gasteiger partial charge in [-0.2, -0.15) is 0 Å². The molecule has 0 atom stereocenters. The number of fused-ring (bicyclic) bond motifs is 1. The van der Waals surface area contributed by atoms with E-state index in [9.17, 15) is 9.59 Å². The van der Waals surface area contributed by atoms with Crippen molar-refractivity contribution in [2.24, 2.45) is 0 Å². The zero-order valence-corrected chi connectivity index (χ0v) is 14.1. The van der Waals surface area contributed by atoms with Crippen LogP contribution in [0, 0.1) is 0 Å². The molecule has 1 aliphatic heterocycles. The van der Waals surface area contributed by atoms with E-state index in [2.05, 4.69) is 15.0 Å². The number of hydrogen-bond acceptors (Lipinski definition) is 5. The monoisotopic (exact) mass is 350 g/mol. The molecule has 1 aliphatic rings. The van der Waals surface area contributed by atoms with Crippen LogP contribution in [0.2, 0.25) is 0 Å². The van der Waals surface area contributed by atoms with Crippen LogP contribution in [-0.4, -0.2) is 51.4 Å². The van der Waals surface area contributed by atoms with Crippen LogP contribution in [0.25, 0.3) is 22.4 Å². The number of hydrogen-bond donors (Lipinski definition) is 1. The lowest BCUT2D eigenvalue weighted by Crippen LogP contribution is -2.32. The zero-order valence-electron chi connectivity index (χ0n) is 14.1. The van der Waals surface area contributed by atoms with E-state index in [0.717, 1.165) is 42.5 Å². The van der Waals surface area contributed by atoms with Gasteiger partial charge < -0.3 is 14.6 Å². The standard InChI is InChI=1S/C19H18N4O3/c24-17(23-8-1-2-9-23)12-26-19(25)13-5-6-15-16(10-13)22-18(21-15)14-4-3-7-20-11-14/h3-7,10-11H,1-2,8-9,12H2,(H,21,22). The van der Waals surface area contributed by atoms with Gasteiger partial charge in [0.2, 0.25) is 0 Å². The van der Waals surface area contributed by atoms with Crippen LogP contribution in [0.1, 0.15) is 23.2 Å². The molecule has 0 saturated carbocycles. The molecule has 1 aromatic carbocycles. The molecule has 3 heterocycles. The summed E-state index contributed by atoms with van der Waals surface area (Å²) < 4.78 is 5.17. The van der Waals surface area contributed by atoms with Crippen molar-refractivity contribution < 1.29 is 14.3 Å². The van der Waals surface area contributed by atoms with Crippen molar-refractivity contribution in [1.29, 1.82) is 0 Å². The average Bonchev–Trinajstić information content (AvgIpc) is 3.35. The molecule has 2 aromatic heterocycles. The Balaban J connectivity index is 1.48. The van der Waals surface area contributed by atoms with E-state index in [1.54, 1.807) is 35.5 Å². The Morgan fingerprint density at radius 1 is 1.19 bits per heavy atom. The molecule has 26 heavy (non-hydrogen) atoms. The van der Waals surface area contributed by atoms with Gasteiger partial charge in [-0.05, 0) is 43.2 Å². The molecular formula is C19H18N4O3. The number of nitrogens with zero attached hydrogens (tertiary/aromatic N) is 3. The minimum Gasteiger partial charge on any atom is -0.452 e. The molecule has 1 fully saturated rings. The number of rotatable bonds is 4. The highest BCUT2D eigenvalue weighted by molar-refractivity contribution is 5.95. The van der Waals surface area contributed by atoms with E-state index in [1.165, 1.54) is 0 Å². The Kier molecular flexibility index (Phi) is 4.35. The van der Waals surface area contributed by atoms with Crippen LogP contribution in [0.5, 0.6) is 0 Å². The summed E-state index contributed by atoms with van der Waals surface area (Å²) in [7, 11) is 0. The maximum Gasteiger partial charge on any atom is 0.338 e. The molecule has 1 amide bonds. The lowest BCUT2D eigenvalue weighted by Gasteiger charge is -2.14. The minimum absolute atomic E-state index is 0.141. The molecule has 1 N–H and O–H groups in total. The first-order valence-corrected chi connectivity index (χ1v) is 8.56. The van der Waals surface area contributed by atoms with Gasteiger partial charge in [0.1, 0.15) is 5.82 Å². The van der Waals surface area contributed by atoms with Crippen LogP contribution in [-0.2, 0) is 9.53 Å². The average molecular weight is 350 g/mol. The number of nitrogens with one attached hydrogen (secondary N) is 1. The first-order valence-electron chi connectivity index (χ1n) is 8.56. The Bertz CT molecular complexity index is 946. The molecule has 7 nitrogen and oxygen atoms in total. The number of ether oxygens (including phenoxy) is 1. The van der Waals surface area contributed by atoms with Crippen molar-refractivity contribution in [2.45, 2.75) is 12.8 Å². The van der Waals surface area contributed by atoms with Crippen molar-refractivity contribution in [3.63, 3.8) is 0 Å². The lowest BCUT2D eigenvalue weighted by molar-refractivity contribution is -0.133. The zero-order chi connectivity index (χ0) is 17.9. The number of carbonyl (C=O) groups excluding carboxylic acids is 2. The second-order valence-electron chi connectivity index (χ2n) is 6.22. The number of H-pyrrole nitrogens is 1. The van der Waals surface area contributed by atoms with Crippen molar-refractivity contribution >= 4 is 22.9 Å². The number of pyridine rings is 1. The summed E-state index contributed by atoms with van der Waals surface area (Å²) in [5, 5.41) is 0. The van der Waals surface area contributed by atoms with Gasteiger partial charge in [-0.3, -0.25) is 9.78 Å². The minimum atomic E-state index is -0.517. The SMILES string of the molecule is O=C(OCC(=O)N1CCCC1)c1ccc2nc(-c3cccnc3)[nH]c2c1. The second kappa shape index (κ2) is 6.95. The van der Waals surface area contributed by atoms with E-state index >= 15 is 0 Å². The summed E-state index contributed by atoms with van der Waals surface area (Å²) in [5.41, 5.74) is 2.72. The van der Waals surface area contributed by atoms with Crippen LogP contribution >= 0.6 is 0 Å². The maximum atomic E-state index is 12.2. The Morgan fingerprint density at radius 3 is 2.81 bits per heavy atom. The number of aromatic nitrogens is 3. The third kappa shape index (κ3) is 3.28. The van der Waals surface area contributed by atoms with Gasteiger partial charge >= 0.3 is 5.97 Å². The Labute approximate surface area is 150 Å². The van der Waals surface area contributed by atoms with Gasteiger partial charge in [-0.1, -0.05) is 0 Å². The fourth-order valence-corrected chi connectivity index (χ4v) is 3.04. The smallest absolute Gasteiger partial charge is 0.338 e. The van der Waals surface area contributed by atoms with Gasteiger partial charge in [-0.15, -0.1) is 0 Å². The highest BCUT2D eigenvalue weighted by Gasteiger charge is 2.20. The maximum absolute atomic E-state index is 12.2. The molecule has 0 radical (unpaired) electrons. The second-order valence-corrected chi connectivity index (χ2v) is 6.22. The predicted octanol–water partition coefficient (Wildman–Crippen LogP) is 2.40. The number of benzene rings is 1. The molecule has 0 unspecified atom stereocenters. The molecular weight excluding hydrogens is 332 g/mol. The fraction of sp³-hybridized carbons (Fsp3) is 0.263. The summed E-state index contributed by atoms with van der Waals surface area (Å²) >= 11 is 0. The van der Waals surface area contributed by atoms with E-state index in [1.807, 2.05) is 12.1 Å². The molecule has 0 spiro atoms. The molecule has 0 bridgehead atoms. The molecule has 4 rings (SSSR count). The van der Waals surface area contributed by atoms with Crippen molar-refractivity contribution in [1.82, 2.24) is 19.9 Å². The quantitative estimate of drug-likeness (QED) is 0.730. The molecule has 1 saturated heterocycles. The van der Waals surface area contributed by atoms with Crippen LogP contribution in [0.15, 0.2) is 42.7 Å². The Hall–Kier alpha value is -3.22. The van der Waals surface area contributed by atoms with E-state index in [-0.39, 0.29) is 12.5 Å². The number of imidazole rings is 1. The van der Waals surface area contributed by atoms with E-state index in [4.69, 9.17) is 4.74 Å². The predicted molar refractivity (Wildman–Crippen MR) is 95.4 cm³/mol. The third-order valence-corrected chi connectivity index (χ3v) is 4.44. The lowest BCUT2D eigenvalue weighted by atomic mass is 10.2. The van der Waals surface area contributed by atoms with Gasteiger partial charge in [0.25, 0.3) is 5.91 Å². The topological polar surface area (TPSA) is 88.2 Å². The normalized spacial score (nSPS) is 13.9. The number of likely N-dealkylation sites (tertiary alicyclic amines) is 1. The largest absolute Gasteiger partial charge is 0.452 e.